The Hall–Kier alpha value is -0.0800. The van der Waals surface area contributed by atoms with Gasteiger partial charge in [0.2, 0.25) is 0 Å². The molecule has 2 nitrogen and oxygen atoms in total. The van der Waals surface area contributed by atoms with Crippen molar-refractivity contribution in [2.45, 2.75) is 129 Å². The SMILES string of the molecule is CCCCCCCCCCCCCCCCC(O)CNC(C)C. The molecule has 1 unspecified atom stereocenters. The second kappa shape index (κ2) is 18.3. The highest BCUT2D eigenvalue weighted by Crippen LogP contribution is 2.13. The van der Waals surface area contributed by atoms with Crippen molar-refractivity contribution < 1.29 is 5.11 Å². The highest BCUT2D eigenvalue weighted by molar-refractivity contribution is 4.62. The Labute approximate surface area is 146 Å². The van der Waals surface area contributed by atoms with E-state index in [4.69, 9.17) is 0 Å². The molecule has 0 aromatic carbocycles. The lowest BCUT2D eigenvalue weighted by atomic mass is 10.0. The van der Waals surface area contributed by atoms with Gasteiger partial charge in [0.15, 0.2) is 0 Å². The zero-order valence-electron chi connectivity index (χ0n) is 16.4. The molecule has 0 aliphatic heterocycles. The molecule has 1 atom stereocenters. The van der Waals surface area contributed by atoms with Crippen molar-refractivity contribution in [3.63, 3.8) is 0 Å². The van der Waals surface area contributed by atoms with E-state index < -0.39 is 0 Å². The fourth-order valence-corrected chi connectivity index (χ4v) is 3.05. The van der Waals surface area contributed by atoms with E-state index in [0.717, 1.165) is 13.0 Å². The number of nitrogens with one attached hydrogen (secondary N) is 1. The summed E-state index contributed by atoms with van der Waals surface area (Å²) in [5.74, 6) is 0. The van der Waals surface area contributed by atoms with E-state index in [1.807, 2.05) is 0 Å². The van der Waals surface area contributed by atoms with Crippen molar-refractivity contribution in [3.05, 3.63) is 0 Å². The van der Waals surface area contributed by atoms with Gasteiger partial charge in [-0.05, 0) is 6.42 Å². The van der Waals surface area contributed by atoms with Crippen LogP contribution in [-0.4, -0.2) is 23.8 Å². The van der Waals surface area contributed by atoms with Crippen molar-refractivity contribution in [1.82, 2.24) is 5.32 Å². The summed E-state index contributed by atoms with van der Waals surface area (Å²) in [6.07, 6.45) is 20.3. The number of hydrogen-bond donors (Lipinski definition) is 2. The molecular weight excluding hydrogens is 282 g/mol. The Balaban J connectivity index is 3.07. The fourth-order valence-electron chi connectivity index (χ4n) is 3.05. The van der Waals surface area contributed by atoms with Crippen LogP contribution in [-0.2, 0) is 0 Å². The molecule has 0 aromatic rings. The van der Waals surface area contributed by atoms with Crippen molar-refractivity contribution in [3.8, 4) is 0 Å². The van der Waals surface area contributed by atoms with E-state index >= 15 is 0 Å². The Bertz CT molecular complexity index is 218. The second-order valence-corrected chi connectivity index (χ2v) is 7.60. The zero-order valence-corrected chi connectivity index (χ0v) is 16.4. The molecule has 0 saturated heterocycles. The number of rotatable bonds is 18. The Morgan fingerprint density at radius 3 is 1.43 bits per heavy atom. The lowest BCUT2D eigenvalue weighted by molar-refractivity contribution is 0.155. The molecule has 0 bridgehead atoms. The topological polar surface area (TPSA) is 32.3 Å². The summed E-state index contributed by atoms with van der Waals surface area (Å²) >= 11 is 0. The molecule has 0 aliphatic rings. The van der Waals surface area contributed by atoms with Crippen LogP contribution < -0.4 is 5.32 Å². The largest absolute Gasteiger partial charge is 0.392 e. The minimum Gasteiger partial charge on any atom is -0.392 e. The van der Waals surface area contributed by atoms with Crippen molar-refractivity contribution in [1.29, 1.82) is 0 Å². The lowest BCUT2D eigenvalue weighted by Gasteiger charge is -2.13. The summed E-state index contributed by atoms with van der Waals surface area (Å²) in [5.41, 5.74) is 0. The quantitative estimate of drug-likeness (QED) is 0.293. The summed E-state index contributed by atoms with van der Waals surface area (Å²) < 4.78 is 0. The van der Waals surface area contributed by atoms with Crippen LogP contribution >= 0.6 is 0 Å². The van der Waals surface area contributed by atoms with Crippen LogP contribution in [0.2, 0.25) is 0 Å². The molecule has 2 heteroatoms. The van der Waals surface area contributed by atoms with Crippen molar-refractivity contribution in [2.24, 2.45) is 0 Å². The molecule has 0 aliphatic carbocycles. The Kier molecular flexibility index (Phi) is 18.2. The van der Waals surface area contributed by atoms with E-state index in [1.54, 1.807) is 0 Å². The predicted molar refractivity (Wildman–Crippen MR) is 104 cm³/mol. The maximum atomic E-state index is 9.83. The number of aliphatic hydroxyl groups excluding tert-OH is 1. The first kappa shape index (κ1) is 22.9. The molecule has 0 radical (unpaired) electrons. The third-order valence-corrected chi connectivity index (χ3v) is 4.65. The lowest BCUT2D eigenvalue weighted by Crippen LogP contribution is -2.31. The molecule has 0 amide bonds. The van der Waals surface area contributed by atoms with E-state index in [2.05, 4.69) is 26.1 Å². The zero-order chi connectivity index (χ0) is 17.2. The molecule has 0 fully saturated rings. The van der Waals surface area contributed by atoms with Crippen molar-refractivity contribution >= 4 is 0 Å². The summed E-state index contributed by atoms with van der Waals surface area (Å²) in [7, 11) is 0. The summed E-state index contributed by atoms with van der Waals surface area (Å²) in [6, 6.07) is 0.473. The maximum absolute atomic E-state index is 9.83. The maximum Gasteiger partial charge on any atom is 0.0664 e. The molecule has 0 rings (SSSR count). The summed E-state index contributed by atoms with van der Waals surface area (Å²) in [6.45, 7) is 7.28. The van der Waals surface area contributed by atoms with Crippen LogP contribution in [0.25, 0.3) is 0 Å². The molecular formula is C21H45NO. The van der Waals surface area contributed by atoms with Crippen LogP contribution in [0.4, 0.5) is 0 Å². The minimum absolute atomic E-state index is 0.158. The third-order valence-electron chi connectivity index (χ3n) is 4.65. The van der Waals surface area contributed by atoms with Crippen LogP contribution in [0, 0.1) is 0 Å². The highest BCUT2D eigenvalue weighted by atomic mass is 16.3. The van der Waals surface area contributed by atoms with Gasteiger partial charge in [0.05, 0.1) is 6.10 Å². The summed E-state index contributed by atoms with van der Waals surface area (Å²) in [5, 5.41) is 13.1. The number of hydrogen-bond acceptors (Lipinski definition) is 2. The minimum atomic E-state index is -0.158. The smallest absolute Gasteiger partial charge is 0.0664 e. The average Bonchev–Trinajstić information content (AvgIpc) is 2.53. The standard InChI is InChI=1S/C21H45NO/c1-4-5-6-7-8-9-10-11-12-13-14-15-16-17-18-21(23)19-22-20(2)3/h20-23H,4-19H2,1-3H3. The number of aliphatic hydroxyl groups is 1. The first-order valence-electron chi connectivity index (χ1n) is 10.6. The van der Waals surface area contributed by atoms with Crippen LogP contribution in [0.15, 0.2) is 0 Å². The molecule has 0 saturated carbocycles. The van der Waals surface area contributed by atoms with Gasteiger partial charge in [-0.2, -0.15) is 0 Å². The molecule has 0 spiro atoms. The van der Waals surface area contributed by atoms with Gasteiger partial charge < -0.3 is 10.4 Å². The van der Waals surface area contributed by atoms with Crippen LogP contribution in [0.3, 0.4) is 0 Å². The van der Waals surface area contributed by atoms with Gasteiger partial charge in [-0.3, -0.25) is 0 Å². The predicted octanol–water partition coefficient (Wildman–Crippen LogP) is 6.22. The van der Waals surface area contributed by atoms with Gasteiger partial charge in [-0.25, -0.2) is 0 Å². The molecule has 0 aromatic heterocycles. The Morgan fingerprint density at radius 2 is 1.04 bits per heavy atom. The monoisotopic (exact) mass is 327 g/mol. The van der Waals surface area contributed by atoms with E-state index in [9.17, 15) is 5.11 Å². The molecule has 140 valence electrons. The van der Waals surface area contributed by atoms with Gasteiger partial charge in [0.1, 0.15) is 0 Å². The highest BCUT2D eigenvalue weighted by Gasteiger charge is 2.04. The van der Waals surface area contributed by atoms with E-state index in [-0.39, 0.29) is 6.10 Å². The normalized spacial score (nSPS) is 12.9. The third kappa shape index (κ3) is 19.9. The van der Waals surface area contributed by atoms with Gasteiger partial charge in [0, 0.05) is 12.6 Å². The van der Waals surface area contributed by atoms with Gasteiger partial charge >= 0.3 is 0 Å². The van der Waals surface area contributed by atoms with Crippen molar-refractivity contribution in [2.75, 3.05) is 6.54 Å². The first-order valence-corrected chi connectivity index (χ1v) is 10.6. The van der Waals surface area contributed by atoms with Gasteiger partial charge in [0.25, 0.3) is 0 Å². The number of unbranched alkanes of at least 4 members (excludes halogenated alkanes) is 13. The van der Waals surface area contributed by atoms with E-state index in [1.165, 1.54) is 89.9 Å². The average molecular weight is 328 g/mol. The molecule has 0 heterocycles. The van der Waals surface area contributed by atoms with Crippen LogP contribution in [0.1, 0.15) is 117 Å². The van der Waals surface area contributed by atoms with Gasteiger partial charge in [-0.15, -0.1) is 0 Å². The second-order valence-electron chi connectivity index (χ2n) is 7.60. The van der Waals surface area contributed by atoms with Crippen LogP contribution in [0.5, 0.6) is 0 Å². The molecule has 23 heavy (non-hydrogen) atoms. The summed E-state index contributed by atoms with van der Waals surface area (Å²) in [4.78, 5) is 0. The van der Waals surface area contributed by atoms with E-state index in [0.29, 0.717) is 6.04 Å². The Morgan fingerprint density at radius 1 is 0.652 bits per heavy atom. The van der Waals surface area contributed by atoms with Gasteiger partial charge in [-0.1, -0.05) is 111 Å². The fraction of sp³-hybridized carbons (Fsp3) is 1.00. The first-order chi connectivity index (χ1) is 11.2. The molecule has 2 N–H and O–H groups in total.